The number of amides is 2. The Bertz CT molecular complexity index is 1560. The highest BCUT2D eigenvalue weighted by Gasteiger charge is 2.21. The first-order valence-electron chi connectivity index (χ1n) is 11.9. The molecule has 1 aromatic heterocycles. The predicted octanol–water partition coefficient (Wildman–Crippen LogP) is 3.07. The van der Waals surface area contributed by atoms with E-state index in [0.717, 1.165) is 5.56 Å². The number of alkyl carbamates (subject to hydrolysis) is 1. The maximum Gasteiger partial charge on any atom is 0.407 e. The van der Waals surface area contributed by atoms with Crippen molar-refractivity contribution >= 4 is 45.8 Å². The van der Waals surface area contributed by atoms with E-state index in [2.05, 4.69) is 31.5 Å². The highest BCUT2D eigenvalue weighted by atomic mass is 16.6. The van der Waals surface area contributed by atoms with Crippen LogP contribution in [0.5, 0.6) is 5.75 Å². The van der Waals surface area contributed by atoms with E-state index in [0.29, 0.717) is 16.6 Å². The van der Waals surface area contributed by atoms with Crippen molar-refractivity contribution in [2.75, 3.05) is 22.5 Å². The molecule has 12 nitrogen and oxygen atoms in total. The van der Waals surface area contributed by atoms with Crippen molar-refractivity contribution in [3.8, 4) is 5.75 Å². The minimum absolute atomic E-state index is 0.00323. The van der Waals surface area contributed by atoms with Crippen LogP contribution in [0.1, 0.15) is 32.8 Å². The number of carbonyl (C=O) groups excluding carboxylic acids is 2. The number of anilines is 4. The van der Waals surface area contributed by atoms with Gasteiger partial charge in [-0.1, -0.05) is 12.1 Å². The molecule has 0 bridgehead atoms. The Labute approximate surface area is 217 Å². The van der Waals surface area contributed by atoms with Gasteiger partial charge < -0.3 is 31.1 Å². The summed E-state index contributed by atoms with van der Waals surface area (Å²) in [6, 6.07) is 11.7. The maximum absolute atomic E-state index is 12.4. The second-order valence-corrected chi connectivity index (χ2v) is 9.62. The lowest BCUT2D eigenvalue weighted by molar-refractivity contribution is -0.116. The number of benzene rings is 2. The van der Waals surface area contributed by atoms with E-state index in [1.54, 1.807) is 57.2 Å². The zero-order valence-electron chi connectivity index (χ0n) is 21.1. The summed E-state index contributed by atoms with van der Waals surface area (Å²) in [6.45, 7) is 5.56. The monoisotopic (exact) mass is 520 g/mol. The fourth-order valence-electron chi connectivity index (χ4n) is 3.65. The maximum atomic E-state index is 12.4. The van der Waals surface area contributed by atoms with Gasteiger partial charge in [0.1, 0.15) is 22.7 Å². The van der Waals surface area contributed by atoms with Crippen molar-refractivity contribution in [3.63, 3.8) is 0 Å². The van der Waals surface area contributed by atoms with Crippen LogP contribution in [0.25, 0.3) is 10.9 Å². The van der Waals surface area contributed by atoms with Crippen LogP contribution in [0.15, 0.2) is 52.1 Å². The van der Waals surface area contributed by atoms with E-state index in [-0.39, 0.29) is 48.4 Å². The second kappa shape index (κ2) is 10.6. The molecule has 0 aliphatic heterocycles. The van der Waals surface area contributed by atoms with Gasteiger partial charge in [0, 0.05) is 30.6 Å². The van der Waals surface area contributed by atoms with Gasteiger partial charge in [0.2, 0.25) is 5.91 Å². The van der Waals surface area contributed by atoms with Gasteiger partial charge >= 0.3 is 6.09 Å². The molecule has 6 N–H and O–H groups in total. The van der Waals surface area contributed by atoms with Crippen LogP contribution in [-0.4, -0.2) is 39.5 Å². The van der Waals surface area contributed by atoms with E-state index < -0.39 is 22.6 Å². The van der Waals surface area contributed by atoms with Crippen LogP contribution < -0.4 is 32.1 Å². The number of ether oxygens (including phenoxy) is 1. The molecule has 38 heavy (non-hydrogen) atoms. The van der Waals surface area contributed by atoms with E-state index in [9.17, 15) is 24.3 Å². The molecule has 0 spiro atoms. The topological polar surface area (TPSA) is 175 Å². The Balaban J connectivity index is 1.40. The molecule has 3 aromatic carbocycles. The molecule has 0 fully saturated rings. The van der Waals surface area contributed by atoms with E-state index in [1.807, 2.05) is 0 Å². The normalized spacial score (nSPS) is 11.3. The SMILES string of the molecule is CC(C)(C)OC(=O)NCCC(=O)Nc1n[nH]c2ccc(Nc3c(NCc4cccc(O)c4)c(=O)c3=O)cc12. The molecule has 0 aliphatic carbocycles. The number of hydrogen-bond acceptors (Lipinski definition) is 9. The fourth-order valence-corrected chi connectivity index (χ4v) is 3.65. The van der Waals surface area contributed by atoms with Crippen molar-refractivity contribution < 1.29 is 19.4 Å². The first kappa shape index (κ1) is 26.2. The van der Waals surface area contributed by atoms with Crippen LogP contribution in [-0.2, 0) is 16.1 Å². The molecule has 0 radical (unpaired) electrons. The van der Waals surface area contributed by atoms with Crippen molar-refractivity contribution in [2.24, 2.45) is 0 Å². The summed E-state index contributed by atoms with van der Waals surface area (Å²) in [6.07, 6.45) is -0.608. The molecule has 1 heterocycles. The molecule has 2 amide bonds. The van der Waals surface area contributed by atoms with Crippen molar-refractivity contribution in [1.29, 1.82) is 0 Å². The molecule has 4 aromatic rings. The number of fused-ring (bicyclic) bond motifs is 1. The van der Waals surface area contributed by atoms with Gasteiger partial charge in [0.25, 0.3) is 10.9 Å². The van der Waals surface area contributed by atoms with Gasteiger partial charge in [-0.05, 0) is 56.7 Å². The van der Waals surface area contributed by atoms with E-state index in [4.69, 9.17) is 4.74 Å². The van der Waals surface area contributed by atoms with Gasteiger partial charge in [-0.25, -0.2) is 4.79 Å². The van der Waals surface area contributed by atoms with E-state index >= 15 is 0 Å². The quantitative estimate of drug-likeness (QED) is 0.181. The zero-order chi connectivity index (χ0) is 27.4. The number of carbonyl (C=O) groups is 2. The number of aromatic amines is 1. The minimum atomic E-state index is -0.651. The van der Waals surface area contributed by atoms with Crippen LogP contribution in [0.3, 0.4) is 0 Å². The van der Waals surface area contributed by atoms with Gasteiger partial charge in [0.05, 0.1) is 5.52 Å². The smallest absolute Gasteiger partial charge is 0.407 e. The standard InChI is InChI=1S/C26H28N6O6/c1-26(2,3)38-25(37)27-10-9-19(34)30-24-17-12-15(7-8-18(17)31-32-24)29-21-20(22(35)23(21)36)28-13-14-5-4-6-16(33)11-14/h4-8,11-12,28-29,33H,9-10,13H2,1-3H3,(H,27,37)(H2,30,31,32,34). The molecule has 0 aliphatic rings. The predicted molar refractivity (Wildman–Crippen MR) is 144 cm³/mol. The summed E-state index contributed by atoms with van der Waals surface area (Å²) in [5.74, 6) is 0.00938. The Morgan fingerprint density at radius 2 is 1.82 bits per heavy atom. The fraction of sp³-hybridized carbons (Fsp3) is 0.269. The summed E-state index contributed by atoms with van der Waals surface area (Å²) in [4.78, 5) is 48.5. The van der Waals surface area contributed by atoms with Crippen molar-refractivity contribution in [1.82, 2.24) is 15.5 Å². The second-order valence-electron chi connectivity index (χ2n) is 9.62. The molecule has 0 unspecified atom stereocenters. The summed E-state index contributed by atoms with van der Waals surface area (Å²) >= 11 is 0. The third-order valence-corrected chi connectivity index (χ3v) is 5.40. The molecule has 0 atom stereocenters. The largest absolute Gasteiger partial charge is 0.508 e. The van der Waals surface area contributed by atoms with Crippen LogP contribution >= 0.6 is 0 Å². The average molecular weight is 521 g/mol. The molecule has 12 heteroatoms. The van der Waals surface area contributed by atoms with Crippen molar-refractivity contribution in [2.45, 2.75) is 39.3 Å². The highest BCUT2D eigenvalue weighted by Crippen LogP contribution is 2.27. The number of H-pyrrole nitrogens is 1. The Morgan fingerprint density at radius 1 is 1.05 bits per heavy atom. The number of hydrogen-bond donors (Lipinski definition) is 6. The van der Waals surface area contributed by atoms with Crippen molar-refractivity contribution in [3.05, 3.63) is 68.5 Å². The van der Waals surface area contributed by atoms with Crippen LogP contribution in [0.4, 0.5) is 27.7 Å². The van der Waals surface area contributed by atoms with Crippen LogP contribution in [0, 0.1) is 0 Å². The molecule has 0 saturated heterocycles. The highest BCUT2D eigenvalue weighted by molar-refractivity contribution is 6.01. The average Bonchev–Trinajstić information content (AvgIpc) is 3.24. The van der Waals surface area contributed by atoms with Gasteiger partial charge in [-0.15, -0.1) is 0 Å². The first-order valence-corrected chi connectivity index (χ1v) is 11.9. The Kier molecular flexibility index (Phi) is 7.33. The van der Waals surface area contributed by atoms with E-state index in [1.165, 1.54) is 6.07 Å². The summed E-state index contributed by atoms with van der Waals surface area (Å²) < 4.78 is 5.14. The zero-order valence-corrected chi connectivity index (χ0v) is 21.1. The number of nitrogens with one attached hydrogen (secondary N) is 5. The number of phenols is 1. The van der Waals surface area contributed by atoms with Gasteiger partial charge in [0.15, 0.2) is 5.82 Å². The number of rotatable bonds is 9. The first-order chi connectivity index (χ1) is 18.0. The summed E-state index contributed by atoms with van der Waals surface area (Å²) in [5, 5.41) is 28.3. The van der Waals surface area contributed by atoms with Crippen LogP contribution in [0.2, 0.25) is 0 Å². The Morgan fingerprint density at radius 3 is 2.55 bits per heavy atom. The minimum Gasteiger partial charge on any atom is -0.508 e. The Hall–Kier alpha value is -4.87. The molecule has 0 saturated carbocycles. The molecular formula is C26H28N6O6. The number of aromatic nitrogens is 2. The lowest BCUT2D eigenvalue weighted by atomic mass is 10.1. The number of nitrogens with zero attached hydrogens (tertiary/aromatic N) is 1. The molecular weight excluding hydrogens is 492 g/mol. The number of phenolic OH excluding ortho intramolecular Hbond substituents is 1. The summed E-state index contributed by atoms with van der Waals surface area (Å²) in [7, 11) is 0. The van der Waals surface area contributed by atoms with Gasteiger partial charge in [-0.3, -0.25) is 19.5 Å². The number of aromatic hydroxyl groups is 1. The summed E-state index contributed by atoms with van der Waals surface area (Å²) in [5.41, 5.74) is 0.242. The lowest BCUT2D eigenvalue weighted by Gasteiger charge is -2.19. The third-order valence-electron chi connectivity index (χ3n) is 5.40. The third kappa shape index (κ3) is 6.27. The van der Waals surface area contributed by atoms with Gasteiger partial charge in [-0.2, -0.15) is 5.10 Å². The molecule has 198 valence electrons. The lowest BCUT2D eigenvalue weighted by Crippen LogP contribution is -2.36. The molecule has 4 rings (SSSR count).